The number of rotatable bonds is 5. The van der Waals surface area contributed by atoms with E-state index in [1.54, 1.807) is 13.0 Å². The van der Waals surface area contributed by atoms with Crippen molar-refractivity contribution < 1.29 is 28.1 Å². The van der Waals surface area contributed by atoms with Crippen LogP contribution in [0.4, 0.5) is 13.2 Å². The monoisotopic (exact) mass is 479 g/mol. The standard InChI is InChI=1S/C25H32F3N3O3/c1-14-5-24(33,23-6-15(7-23)8-23)9-16(30-14)12-34-18-3-19(25(26,27)28)21-20(4-18)29-13-31(21)17-10-22(2,32)11-17/h3-4,13-17,30,32-33H,5-12H2,1-2H3/t14-,15?,16-,17?,22?,23?,24-/m0/s1. The molecule has 6 nitrogen and oxygen atoms in total. The summed E-state index contributed by atoms with van der Waals surface area (Å²) in [5.74, 6) is 0.891. The molecule has 3 N–H and O–H groups in total. The SMILES string of the molecule is C[C@H]1C[C@@](O)(C23CC(C2)C3)C[C@@H](COc2cc(C(F)(F)F)c3c(c2)ncn3C2CC(C)(O)C2)N1. The van der Waals surface area contributed by atoms with Crippen LogP contribution < -0.4 is 10.1 Å². The predicted molar refractivity (Wildman–Crippen MR) is 119 cm³/mol. The molecule has 34 heavy (non-hydrogen) atoms. The van der Waals surface area contributed by atoms with Gasteiger partial charge in [0, 0.05) is 29.6 Å². The molecule has 2 aromatic rings. The maximum Gasteiger partial charge on any atom is 0.418 e. The smallest absolute Gasteiger partial charge is 0.418 e. The fourth-order valence-electron chi connectivity index (χ4n) is 7.18. The highest BCUT2D eigenvalue weighted by atomic mass is 19.4. The molecule has 186 valence electrons. The minimum atomic E-state index is -4.57. The summed E-state index contributed by atoms with van der Waals surface area (Å²) in [5.41, 5.74) is -2.07. The van der Waals surface area contributed by atoms with Gasteiger partial charge in [0.05, 0.1) is 34.1 Å². The predicted octanol–water partition coefficient (Wildman–Crippen LogP) is 4.19. The molecular formula is C25H32F3N3O3. The maximum absolute atomic E-state index is 14.0. The van der Waals surface area contributed by atoms with E-state index in [-0.39, 0.29) is 46.9 Å². The Morgan fingerprint density at radius 3 is 2.41 bits per heavy atom. The van der Waals surface area contributed by atoms with Crippen LogP contribution in [0.25, 0.3) is 11.0 Å². The van der Waals surface area contributed by atoms with Crippen LogP contribution >= 0.6 is 0 Å². The van der Waals surface area contributed by atoms with Crippen molar-refractivity contribution in [2.24, 2.45) is 11.3 Å². The van der Waals surface area contributed by atoms with Gasteiger partial charge < -0.3 is 24.8 Å². The molecule has 1 aromatic heterocycles. The summed E-state index contributed by atoms with van der Waals surface area (Å²) in [7, 11) is 0. The van der Waals surface area contributed by atoms with Crippen molar-refractivity contribution in [1.82, 2.24) is 14.9 Å². The molecular weight excluding hydrogens is 447 g/mol. The van der Waals surface area contributed by atoms with E-state index in [9.17, 15) is 23.4 Å². The third kappa shape index (κ3) is 3.45. The number of aromatic nitrogens is 2. The zero-order chi connectivity index (χ0) is 24.1. The van der Waals surface area contributed by atoms with E-state index in [1.165, 1.54) is 10.9 Å². The topological polar surface area (TPSA) is 79.5 Å². The number of hydrogen-bond donors (Lipinski definition) is 3. The Labute approximate surface area is 196 Å². The molecule has 1 saturated heterocycles. The van der Waals surface area contributed by atoms with Gasteiger partial charge in [-0.1, -0.05) is 0 Å². The third-order valence-electron chi connectivity index (χ3n) is 8.92. The van der Waals surface area contributed by atoms with Gasteiger partial charge in [-0.15, -0.1) is 0 Å². The van der Waals surface area contributed by atoms with Crippen molar-refractivity contribution in [2.75, 3.05) is 6.61 Å². The van der Waals surface area contributed by atoms with Crippen molar-refractivity contribution in [3.05, 3.63) is 24.0 Å². The zero-order valence-corrected chi connectivity index (χ0v) is 19.5. The van der Waals surface area contributed by atoms with Crippen molar-refractivity contribution in [1.29, 1.82) is 0 Å². The number of benzene rings is 1. The second-order valence-electron chi connectivity index (χ2n) is 11.8. The number of imidazole rings is 1. The summed E-state index contributed by atoms with van der Waals surface area (Å²) in [6, 6.07) is 2.37. The quantitative estimate of drug-likeness (QED) is 0.599. The lowest BCUT2D eigenvalue weighted by Gasteiger charge is -2.70. The van der Waals surface area contributed by atoms with Crippen LogP contribution in [-0.4, -0.2) is 49.7 Å². The highest BCUT2D eigenvalue weighted by molar-refractivity contribution is 5.82. The van der Waals surface area contributed by atoms with Crippen molar-refractivity contribution in [2.45, 2.75) is 94.3 Å². The van der Waals surface area contributed by atoms with Gasteiger partial charge in [-0.2, -0.15) is 13.2 Å². The molecule has 0 amide bonds. The highest BCUT2D eigenvalue weighted by Gasteiger charge is 2.67. The average Bonchev–Trinajstić information content (AvgIpc) is 3.02. The number of alkyl halides is 3. The van der Waals surface area contributed by atoms with E-state index in [2.05, 4.69) is 10.3 Å². The maximum atomic E-state index is 14.0. The van der Waals surface area contributed by atoms with Crippen molar-refractivity contribution >= 4 is 11.0 Å². The number of ether oxygens (including phenoxy) is 1. The van der Waals surface area contributed by atoms with E-state index in [0.717, 1.165) is 31.2 Å². The molecule has 3 atom stereocenters. The Kier molecular flexibility index (Phi) is 4.73. The molecule has 0 radical (unpaired) electrons. The van der Waals surface area contributed by atoms with Gasteiger partial charge in [0.2, 0.25) is 0 Å². The van der Waals surface area contributed by atoms with E-state index < -0.39 is 22.9 Å². The van der Waals surface area contributed by atoms with Gasteiger partial charge in [0.1, 0.15) is 12.4 Å². The summed E-state index contributed by atoms with van der Waals surface area (Å²) in [6.07, 6.45) is 2.18. The van der Waals surface area contributed by atoms with Gasteiger partial charge in [-0.3, -0.25) is 0 Å². The second kappa shape index (κ2) is 7.11. The zero-order valence-electron chi connectivity index (χ0n) is 19.5. The third-order valence-corrected chi connectivity index (χ3v) is 8.92. The Bertz CT molecular complexity index is 1100. The lowest BCUT2D eigenvalue weighted by molar-refractivity contribution is -0.256. The first-order chi connectivity index (χ1) is 15.9. The molecule has 5 fully saturated rings. The Balaban J connectivity index is 1.23. The fraction of sp³-hybridized carbons (Fsp3) is 0.720. The van der Waals surface area contributed by atoms with Crippen molar-refractivity contribution in [3.63, 3.8) is 0 Å². The summed E-state index contributed by atoms with van der Waals surface area (Å²) >= 11 is 0. The molecule has 1 aliphatic heterocycles. The minimum absolute atomic E-state index is 0.0303. The first-order valence-corrected chi connectivity index (χ1v) is 12.3. The molecule has 4 saturated carbocycles. The van der Waals surface area contributed by atoms with Crippen LogP contribution in [0, 0.1) is 11.3 Å². The largest absolute Gasteiger partial charge is 0.492 e. The average molecular weight is 480 g/mol. The highest BCUT2D eigenvalue weighted by Crippen LogP contribution is 2.71. The molecule has 0 unspecified atom stereocenters. The molecule has 5 aliphatic rings. The number of piperidine rings is 1. The van der Waals surface area contributed by atoms with Crippen LogP contribution in [0.2, 0.25) is 0 Å². The first kappa shape index (κ1) is 22.6. The molecule has 9 heteroatoms. The molecule has 0 spiro atoms. The molecule has 2 heterocycles. The van der Waals surface area contributed by atoms with Crippen LogP contribution in [0.1, 0.15) is 70.4 Å². The number of aliphatic hydroxyl groups is 2. The fourth-order valence-corrected chi connectivity index (χ4v) is 7.18. The van der Waals surface area contributed by atoms with Crippen molar-refractivity contribution in [3.8, 4) is 5.75 Å². The number of halogens is 3. The normalized spacial score (nSPS) is 41.5. The van der Waals surface area contributed by atoms with Gasteiger partial charge in [0.15, 0.2) is 0 Å². The van der Waals surface area contributed by atoms with Gasteiger partial charge in [-0.05, 0) is 70.8 Å². The second-order valence-corrected chi connectivity index (χ2v) is 11.8. The number of fused-ring (bicyclic) bond motifs is 1. The molecule has 4 aliphatic carbocycles. The Morgan fingerprint density at radius 1 is 1.12 bits per heavy atom. The lowest BCUT2D eigenvalue weighted by Crippen LogP contribution is -2.70. The van der Waals surface area contributed by atoms with E-state index in [0.29, 0.717) is 25.7 Å². The minimum Gasteiger partial charge on any atom is -0.492 e. The molecule has 2 bridgehead atoms. The van der Waals surface area contributed by atoms with Crippen LogP contribution in [-0.2, 0) is 6.18 Å². The van der Waals surface area contributed by atoms with Gasteiger partial charge >= 0.3 is 6.18 Å². The number of nitrogens with zero attached hydrogens (tertiary/aromatic N) is 2. The van der Waals surface area contributed by atoms with Gasteiger partial charge in [0.25, 0.3) is 0 Å². The molecule has 1 aromatic carbocycles. The summed E-state index contributed by atoms with van der Waals surface area (Å²) in [6.45, 7) is 3.91. The Morgan fingerprint density at radius 2 is 1.82 bits per heavy atom. The number of nitrogens with one attached hydrogen (secondary N) is 1. The van der Waals surface area contributed by atoms with Crippen LogP contribution in [0.5, 0.6) is 5.75 Å². The summed E-state index contributed by atoms with van der Waals surface area (Å²) < 4.78 is 49.5. The first-order valence-electron chi connectivity index (χ1n) is 12.3. The summed E-state index contributed by atoms with van der Waals surface area (Å²) in [4.78, 5) is 4.24. The lowest BCUT2D eigenvalue weighted by atomic mass is 9.37. The van der Waals surface area contributed by atoms with E-state index in [4.69, 9.17) is 4.74 Å². The van der Waals surface area contributed by atoms with Crippen LogP contribution in [0.3, 0.4) is 0 Å². The van der Waals surface area contributed by atoms with E-state index >= 15 is 0 Å². The number of hydrogen-bond acceptors (Lipinski definition) is 5. The summed E-state index contributed by atoms with van der Waals surface area (Å²) in [5, 5.41) is 25.0. The van der Waals surface area contributed by atoms with Gasteiger partial charge in [-0.25, -0.2) is 4.98 Å². The van der Waals surface area contributed by atoms with E-state index in [1.807, 2.05) is 6.92 Å². The molecule has 7 rings (SSSR count). The van der Waals surface area contributed by atoms with Crippen LogP contribution in [0.15, 0.2) is 18.5 Å². The Hall–Kier alpha value is -1.84.